The zero-order chi connectivity index (χ0) is 5.98. The quantitative estimate of drug-likeness (QED) is 0.543. The minimum absolute atomic E-state index is 0.775. The van der Waals surface area contributed by atoms with Crippen LogP contribution in [0.2, 0.25) is 0 Å². The standard InChI is InChI=1S/C6H5BrN/c1-5-2-3-8-6(7)4-5/h2-3H,1H3. The normalized spacial score (nSPS) is 9.25. The fourth-order valence-electron chi connectivity index (χ4n) is 0.451. The lowest BCUT2D eigenvalue weighted by Gasteiger charge is -1.87. The third-order valence-corrected chi connectivity index (χ3v) is 1.22. The van der Waals surface area contributed by atoms with Crippen LogP contribution in [0, 0.1) is 13.0 Å². The molecule has 8 heavy (non-hydrogen) atoms. The summed E-state index contributed by atoms with van der Waals surface area (Å²) in [6, 6.07) is 4.88. The lowest BCUT2D eigenvalue weighted by molar-refractivity contribution is 1.23. The molecular weight excluding hydrogens is 166 g/mol. The Labute approximate surface area is 56.9 Å². The smallest absolute Gasteiger partial charge is 0.114 e. The molecule has 0 aliphatic rings. The Hall–Kier alpha value is -0.370. The lowest BCUT2D eigenvalue weighted by atomic mass is 10.3. The fourth-order valence-corrected chi connectivity index (χ4v) is 0.882. The largest absolute Gasteiger partial charge is 0.249 e. The molecule has 41 valence electrons. The van der Waals surface area contributed by atoms with Gasteiger partial charge in [0.05, 0.1) is 0 Å². The molecule has 1 nitrogen and oxygen atoms in total. The van der Waals surface area contributed by atoms with Crippen molar-refractivity contribution >= 4 is 15.9 Å². The Morgan fingerprint density at radius 3 is 2.88 bits per heavy atom. The number of pyridine rings is 1. The van der Waals surface area contributed by atoms with Crippen molar-refractivity contribution in [2.75, 3.05) is 0 Å². The maximum Gasteiger partial charge on any atom is 0.114 e. The van der Waals surface area contributed by atoms with Gasteiger partial charge in [-0.15, -0.1) is 0 Å². The summed E-state index contributed by atoms with van der Waals surface area (Å²) in [4.78, 5) is 3.90. The van der Waals surface area contributed by atoms with Gasteiger partial charge < -0.3 is 0 Å². The molecule has 1 aromatic heterocycles. The van der Waals surface area contributed by atoms with Gasteiger partial charge in [-0.2, -0.15) is 0 Å². The Balaban J connectivity index is 3.08. The average molecular weight is 171 g/mol. The summed E-state index contributed by atoms with van der Waals surface area (Å²) in [5.74, 6) is 0. The first kappa shape index (κ1) is 5.76. The van der Waals surface area contributed by atoms with E-state index in [0.29, 0.717) is 0 Å². The predicted octanol–water partition coefficient (Wildman–Crippen LogP) is 1.95. The third kappa shape index (κ3) is 1.30. The number of hydrogen-bond acceptors (Lipinski definition) is 1. The molecule has 0 aromatic carbocycles. The van der Waals surface area contributed by atoms with Gasteiger partial charge in [0, 0.05) is 12.3 Å². The van der Waals surface area contributed by atoms with E-state index in [4.69, 9.17) is 0 Å². The number of aryl methyl sites for hydroxylation is 1. The summed E-state index contributed by atoms with van der Waals surface area (Å²) in [6.45, 7) is 1.98. The fraction of sp³-hybridized carbons (Fsp3) is 0.167. The first-order valence-corrected chi connectivity index (χ1v) is 3.09. The molecule has 0 unspecified atom stereocenters. The second kappa shape index (κ2) is 2.27. The highest BCUT2D eigenvalue weighted by molar-refractivity contribution is 9.10. The van der Waals surface area contributed by atoms with Gasteiger partial charge in [0.15, 0.2) is 0 Å². The Bertz CT molecular complexity index is 168. The number of nitrogens with zero attached hydrogens (tertiary/aromatic N) is 1. The van der Waals surface area contributed by atoms with E-state index in [1.165, 1.54) is 0 Å². The summed E-state index contributed by atoms with van der Waals surface area (Å²) in [5.41, 5.74) is 1.10. The topological polar surface area (TPSA) is 12.9 Å². The van der Waals surface area contributed by atoms with Crippen molar-refractivity contribution in [1.82, 2.24) is 4.98 Å². The average Bonchev–Trinajstić information content (AvgIpc) is 1.64. The zero-order valence-corrected chi connectivity index (χ0v) is 6.07. The third-order valence-electron chi connectivity index (χ3n) is 0.813. The number of halogens is 1. The summed E-state index contributed by atoms with van der Waals surface area (Å²) >= 11 is 3.20. The molecular formula is C6H5BrN. The maximum atomic E-state index is 3.90. The number of aromatic nitrogens is 1. The van der Waals surface area contributed by atoms with Crippen LogP contribution in [0.4, 0.5) is 0 Å². The molecule has 0 bridgehead atoms. The van der Waals surface area contributed by atoms with Gasteiger partial charge in [0.1, 0.15) is 4.60 Å². The van der Waals surface area contributed by atoms with Gasteiger partial charge in [-0.25, -0.2) is 4.98 Å². The van der Waals surface area contributed by atoms with Crippen molar-refractivity contribution in [2.24, 2.45) is 0 Å². The maximum absolute atomic E-state index is 3.90. The molecule has 0 amide bonds. The van der Waals surface area contributed by atoms with E-state index in [0.717, 1.165) is 10.2 Å². The van der Waals surface area contributed by atoms with E-state index >= 15 is 0 Å². The van der Waals surface area contributed by atoms with E-state index < -0.39 is 0 Å². The monoisotopic (exact) mass is 170 g/mol. The van der Waals surface area contributed by atoms with Crippen LogP contribution in [0.15, 0.2) is 16.9 Å². The van der Waals surface area contributed by atoms with E-state index in [1.807, 2.05) is 13.0 Å². The summed E-state index contributed by atoms with van der Waals surface area (Å²) in [5, 5.41) is 0. The zero-order valence-electron chi connectivity index (χ0n) is 4.48. The van der Waals surface area contributed by atoms with Gasteiger partial charge in [0.25, 0.3) is 0 Å². The van der Waals surface area contributed by atoms with Crippen LogP contribution >= 0.6 is 15.9 Å². The SMILES string of the molecule is Cc1[c]c(Br)ncc1. The van der Waals surface area contributed by atoms with Crippen LogP contribution in [0.3, 0.4) is 0 Å². The molecule has 0 saturated carbocycles. The molecule has 2 heteroatoms. The van der Waals surface area contributed by atoms with Gasteiger partial charge in [0.2, 0.25) is 0 Å². The first-order chi connectivity index (χ1) is 3.79. The molecule has 1 radical (unpaired) electrons. The van der Waals surface area contributed by atoms with Crippen molar-refractivity contribution in [3.05, 3.63) is 28.5 Å². The second-order valence-electron chi connectivity index (χ2n) is 1.54. The number of rotatable bonds is 0. The molecule has 0 spiro atoms. The molecule has 0 aliphatic heterocycles. The van der Waals surface area contributed by atoms with E-state index in [2.05, 4.69) is 27.0 Å². The highest BCUT2D eigenvalue weighted by Gasteiger charge is 1.85. The van der Waals surface area contributed by atoms with Crippen molar-refractivity contribution in [3.63, 3.8) is 0 Å². The molecule has 1 rings (SSSR count). The van der Waals surface area contributed by atoms with Crippen LogP contribution in [-0.4, -0.2) is 4.98 Å². The first-order valence-electron chi connectivity index (χ1n) is 2.29. The van der Waals surface area contributed by atoms with E-state index in [-0.39, 0.29) is 0 Å². The van der Waals surface area contributed by atoms with Crippen LogP contribution in [-0.2, 0) is 0 Å². The van der Waals surface area contributed by atoms with E-state index in [1.54, 1.807) is 6.20 Å². The minimum Gasteiger partial charge on any atom is -0.249 e. The Morgan fingerprint density at radius 2 is 2.50 bits per heavy atom. The number of hydrogen-bond donors (Lipinski definition) is 0. The van der Waals surface area contributed by atoms with Crippen LogP contribution in [0.5, 0.6) is 0 Å². The molecule has 1 aromatic rings. The Morgan fingerprint density at radius 1 is 1.75 bits per heavy atom. The summed E-state index contributed by atoms with van der Waals surface area (Å²) in [6.07, 6.45) is 1.75. The minimum atomic E-state index is 0.775. The molecule has 0 atom stereocenters. The lowest BCUT2D eigenvalue weighted by Crippen LogP contribution is -1.75. The molecule has 0 aliphatic carbocycles. The van der Waals surface area contributed by atoms with Crippen LogP contribution < -0.4 is 0 Å². The second-order valence-corrected chi connectivity index (χ2v) is 2.29. The summed E-state index contributed by atoms with van der Waals surface area (Å²) < 4.78 is 0.775. The van der Waals surface area contributed by atoms with Crippen LogP contribution in [0.25, 0.3) is 0 Å². The highest BCUT2D eigenvalue weighted by atomic mass is 79.9. The molecule has 0 fully saturated rings. The van der Waals surface area contributed by atoms with Gasteiger partial charge in [-0.1, -0.05) is 0 Å². The van der Waals surface area contributed by atoms with Crippen molar-refractivity contribution in [1.29, 1.82) is 0 Å². The van der Waals surface area contributed by atoms with E-state index in [9.17, 15) is 0 Å². The highest BCUT2D eigenvalue weighted by Crippen LogP contribution is 2.04. The van der Waals surface area contributed by atoms with Crippen LogP contribution in [0.1, 0.15) is 5.56 Å². The molecule has 0 saturated heterocycles. The summed E-state index contributed by atoms with van der Waals surface area (Å²) in [7, 11) is 0. The van der Waals surface area contributed by atoms with Gasteiger partial charge in [-0.05, 0) is 34.5 Å². The van der Waals surface area contributed by atoms with Crippen molar-refractivity contribution in [2.45, 2.75) is 6.92 Å². The van der Waals surface area contributed by atoms with Crippen molar-refractivity contribution < 1.29 is 0 Å². The Kier molecular flexibility index (Phi) is 1.63. The molecule has 1 heterocycles. The molecule has 0 N–H and O–H groups in total. The van der Waals surface area contributed by atoms with Gasteiger partial charge in [-0.3, -0.25) is 0 Å². The predicted molar refractivity (Wildman–Crippen MR) is 35.5 cm³/mol. The van der Waals surface area contributed by atoms with Crippen molar-refractivity contribution in [3.8, 4) is 0 Å². The van der Waals surface area contributed by atoms with Gasteiger partial charge >= 0.3 is 0 Å².